The summed E-state index contributed by atoms with van der Waals surface area (Å²) in [6.07, 6.45) is 6.29. The predicted molar refractivity (Wildman–Crippen MR) is 166 cm³/mol. The molecule has 2 aromatic rings. The van der Waals surface area contributed by atoms with Crippen LogP contribution in [0.15, 0.2) is 72.8 Å². The lowest BCUT2D eigenvalue weighted by Gasteiger charge is -2.24. The van der Waals surface area contributed by atoms with Gasteiger partial charge in [-0.3, -0.25) is 14.4 Å². The fraction of sp³-hybridized carbons (Fsp3) is 0.471. The molecule has 0 bridgehead atoms. The number of esters is 1. The Bertz CT molecular complexity index is 1210. The summed E-state index contributed by atoms with van der Waals surface area (Å²) < 4.78 is 11.0. The quantitative estimate of drug-likeness (QED) is 0.154. The van der Waals surface area contributed by atoms with E-state index in [1.165, 1.54) is 0 Å². The van der Waals surface area contributed by atoms with Gasteiger partial charge in [-0.1, -0.05) is 72.8 Å². The first-order chi connectivity index (χ1) is 21.3. The minimum absolute atomic E-state index is 0.00653. The molecule has 1 aliphatic heterocycles. The van der Waals surface area contributed by atoms with Crippen molar-refractivity contribution in [3.05, 3.63) is 83.9 Å². The molecular formula is C34H45N3O7. The number of hydrogen-bond donors (Lipinski definition) is 4. The van der Waals surface area contributed by atoms with Gasteiger partial charge in [0.25, 0.3) is 0 Å². The molecule has 10 nitrogen and oxygen atoms in total. The summed E-state index contributed by atoms with van der Waals surface area (Å²) in [5, 5.41) is 17.7. The zero-order chi connectivity index (χ0) is 31.6. The molecule has 1 heterocycles. The minimum Gasteiger partial charge on any atom is -0.463 e. The van der Waals surface area contributed by atoms with Gasteiger partial charge in [-0.15, -0.1) is 0 Å². The van der Waals surface area contributed by atoms with E-state index >= 15 is 0 Å². The van der Waals surface area contributed by atoms with Crippen molar-refractivity contribution in [3.8, 4) is 0 Å². The highest BCUT2D eigenvalue weighted by atomic mass is 16.5. The van der Waals surface area contributed by atoms with Crippen LogP contribution < -0.4 is 16.0 Å². The third-order valence-corrected chi connectivity index (χ3v) is 7.38. The molecule has 4 N–H and O–H groups in total. The van der Waals surface area contributed by atoms with E-state index in [0.29, 0.717) is 45.1 Å². The van der Waals surface area contributed by atoms with Crippen molar-refractivity contribution in [1.29, 1.82) is 0 Å². The smallest absolute Gasteiger partial charge is 0.407 e. The number of ether oxygens (including phenoxy) is 2. The van der Waals surface area contributed by atoms with E-state index < -0.39 is 24.1 Å². The number of allylic oxidation sites excluding steroid dienone is 2. The number of cyclic esters (lactones) is 1. The molecule has 2 aromatic carbocycles. The Morgan fingerprint density at radius 1 is 0.977 bits per heavy atom. The summed E-state index contributed by atoms with van der Waals surface area (Å²) in [5.41, 5.74) is 1.93. The number of hydrogen-bond acceptors (Lipinski definition) is 7. The van der Waals surface area contributed by atoms with E-state index in [-0.39, 0.29) is 49.9 Å². The Morgan fingerprint density at radius 3 is 2.32 bits per heavy atom. The Kier molecular flexibility index (Phi) is 14.9. The molecule has 1 aliphatic rings. The minimum atomic E-state index is -0.622. The summed E-state index contributed by atoms with van der Waals surface area (Å²) in [6.45, 7) is 2.08. The molecule has 0 saturated carbocycles. The maximum absolute atomic E-state index is 13.3. The Balaban J connectivity index is 1.58. The highest BCUT2D eigenvalue weighted by Crippen LogP contribution is 2.19. The number of amides is 3. The molecule has 10 heteroatoms. The topological polar surface area (TPSA) is 143 Å². The number of aliphatic hydroxyl groups excluding tert-OH is 1. The van der Waals surface area contributed by atoms with Gasteiger partial charge < -0.3 is 30.5 Å². The molecule has 3 rings (SSSR count). The van der Waals surface area contributed by atoms with Gasteiger partial charge in [-0.25, -0.2) is 4.79 Å². The van der Waals surface area contributed by atoms with Gasteiger partial charge >= 0.3 is 12.1 Å². The lowest BCUT2D eigenvalue weighted by Crippen LogP contribution is -2.44. The number of aliphatic hydroxyl groups is 1. The Labute approximate surface area is 259 Å². The third-order valence-electron chi connectivity index (χ3n) is 7.38. The van der Waals surface area contributed by atoms with Crippen LogP contribution in [0.1, 0.15) is 56.6 Å². The van der Waals surface area contributed by atoms with Crippen LogP contribution in [0, 0.1) is 11.8 Å². The summed E-state index contributed by atoms with van der Waals surface area (Å²) in [6, 6.07) is 18.3. The summed E-state index contributed by atoms with van der Waals surface area (Å²) in [7, 11) is 0. The van der Waals surface area contributed by atoms with Crippen molar-refractivity contribution in [1.82, 2.24) is 16.0 Å². The predicted octanol–water partition coefficient (Wildman–Crippen LogP) is 3.82. The van der Waals surface area contributed by atoms with Crippen LogP contribution in [0.25, 0.3) is 0 Å². The van der Waals surface area contributed by atoms with Crippen LogP contribution in [-0.4, -0.2) is 60.8 Å². The molecule has 44 heavy (non-hydrogen) atoms. The molecule has 0 aromatic heterocycles. The van der Waals surface area contributed by atoms with Crippen molar-refractivity contribution in [2.45, 2.75) is 70.6 Å². The van der Waals surface area contributed by atoms with Gasteiger partial charge in [-0.05, 0) is 56.6 Å². The number of benzene rings is 2. The van der Waals surface area contributed by atoms with E-state index in [4.69, 9.17) is 9.47 Å². The molecule has 238 valence electrons. The van der Waals surface area contributed by atoms with E-state index in [1.807, 2.05) is 72.8 Å². The SMILES string of the molecule is C[C@@H](CO)NC(=O)C[C@H]1CC=CC[C@@H](Cc2ccccc2)C(=O)OC[C@H](CCCCNC(=O)OCc2ccccc2)NC1=O. The van der Waals surface area contributed by atoms with Gasteiger partial charge in [0, 0.05) is 19.0 Å². The molecular weight excluding hydrogens is 562 g/mol. The number of alkyl carbamates (subject to hydrolysis) is 1. The lowest BCUT2D eigenvalue weighted by molar-refractivity contribution is -0.150. The maximum atomic E-state index is 13.3. The van der Waals surface area contributed by atoms with E-state index in [0.717, 1.165) is 11.1 Å². The number of nitrogens with one attached hydrogen (secondary N) is 3. The van der Waals surface area contributed by atoms with Crippen molar-refractivity contribution in [2.24, 2.45) is 11.8 Å². The van der Waals surface area contributed by atoms with Gasteiger partial charge in [0.1, 0.15) is 13.2 Å². The normalized spacial score (nSPS) is 19.8. The van der Waals surface area contributed by atoms with Crippen LogP contribution in [0.5, 0.6) is 0 Å². The molecule has 0 saturated heterocycles. The number of carbonyl (C=O) groups is 4. The fourth-order valence-corrected chi connectivity index (χ4v) is 4.87. The van der Waals surface area contributed by atoms with Crippen LogP contribution in [0.2, 0.25) is 0 Å². The third kappa shape index (κ3) is 13.0. The van der Waals surface area contributed by atoms with Crippen LogP contribution in [0.4, 0.5) is 4.79 Å². The monoisotopic (exact) mass is 607 g/mol. The van der Waals surface area contributed by atoms with Crippen LogP contribution in [0.3, 0.4) is 0 Å². The Morgan fingerprint density at radius 2 is 1.64 bits per heavy atom. The number of carbonyl (C=O) groups excluding carboxylic acids is 4. The second-order valence-electron chi connectivity index (χ2n) is 11.2. The largest absolute Gasteiger partial charge is 0.463 e. The molecule has 0 unspecified atom stereocenters. The molecule has 0 spiro atoms. The zero-order valence-corrected chi connectivity index (χ0v) is 25.4. The molecule has 0 fully saturated rings. The molecule has 0 radical (unpaired) electrons. The van der Waals surface area contributed by atoms with Crippen molar-refractivity contribution in [3.63, 3.8) is 0 Å². The summed E-state index contributed by atoms with van der Waals surface area (Å²) in [4.78, 5) is 51.0. The summed E-state index contributed by atoms with van der Waals surface area (Å²) >= 11 is 0. The lowest BCUT2D eigenvalue weighted by atomic mass is 9.94. The standard InChI is InChI=1S/C34H45N3O7/c1-25(22-38)36-31(39)21-28-16-8-9-17-29(20-26-12-4-2-5-13-26)33(41)43-24-30(37-32(28)40)18-10-11-19-35-34(42)44-23-27-14-6-3-7-15-27/h2-9,12-15,25,28-30,38H,10-11,16-24H2,1H3,(H,35,42)(H,36,39)(H,37,40)/t25-,28+,29-,30-/m0/s1. The van der Waals surface area contributed by atoms with Gasteiger partial charge in [0.2, 0.25) is 11.8 Å². The second-order valence-corrected chi connectivity index (χ2v) is 11.2. The zero-order valence-electron chi connectivity index (χ0n) is 25.4. The highest BCUT2D eigenvalue weighted by molar-refractivity contribution is 5.86. The molecule has 0 aliphatic carbocycles. The molecule has 3 amide bonds. The average molecular weight is 608 g/mol. The first kappa shape index (κ1) is 34.3. The van der Waals surface area contributed by atoms with Crippen LogP contribution in [-0.2, 0) is 36.9 Å². The van der Waals surface area contributed by atoms with Gasteiger partial charge in [-0.2, -0.15) is 0 Å². The Hall–Kier alpha value is -4.18. The molecule has 4 atom stereocenters. The summed E-state index contributed by atoms with van der Waals surface area (Å²) in [5.74, 6) is -1.95. The number of unbranched alkanes of at least 4 members (excludes halogenated alkanes) is 1. The highest BCUT2D eigenvalue weighted by Gasteiger charge is 2.27. The average Bonchev–Trinajstić information content (AvgIpc) is 3.03. The van der Waals surface area contributed by atoms with E-state index in [9.17, 15) is 24.3 Å². The van der Waals surface area contributed by atoms with Crippen molar-refractivity contribution >= 4 is 23.9 Å². The van der Waals surface area contributed by atoms with Crippen LogP contribution >= 0.6 is 0 Å². The van der Waals surface area contributed by atoms with Gasteiger partial charge in [0.05, 0.1) is 24.5 Å². The van der Waals surface area contributed by atoms with E-state index in [2.05, 4.69) is 16.0 Å². The van der Waals surface area contributed by atoms with Crippen molar-refractivity contribution < 1.29 is 33.8 Å². The fourth-order valence-electron chi connectivity index (χ4n) is 4.87. The van der Waals surface area contributed by atoms with Crippen molar-refractivity contribution in [2.75, 3.05) is 19.8 Å². The maximum Gasteiger partial charge on any atom is 0.407 e. The van der Waals surface area contributed by atoms with Gasteiger partial charge in [0.15, 0.2) is 0 Å². The first-order valence-corrected chi connectivity index (χ1v) is 15.3. The van der Waals surface area contributed by atoms with E-state index in [1.54, 1.807) is 6.92 Å². The number of rotatable bonds is 13. The first-order valence-electron chi connectivity index (χ1n) is 15.3. The second kappa shape index (κ2) is 19.2.